The lowest BCUT2D eigenvalue weighted by molar-refractivity contribution is -0.123. The predicted molar refractivity (Wildman–Crippen MR) is 53.4 cm³/mol. The van der Waals surface area contributed by atoms with Crippen molar-refractivity contribution >= 4 is 5.78 Å². The molecule has 72 valence electrons. The molecule has 0 aromatic heterocycles. The van der Waals surface area contributed by atoms with E-state index in [9.17, 15) is 4.79 Å². The highest BCUT2D eigenvalue weighted by molar-refractivity contribution is 5.82. The topological polar surface area (TPSA) is 17.1 Å². The van der Waals surface area contributed by atoms with Crippen molar-refractivity contribution in [2.24, 2.45) is 17.8 Å². The number of carbonyl (C=O) groups is 1. The largest absolute Gasteiger partial charge is 0.299 e. The average Bonchev–Trinajstić information content (AvgIpc) is 2.74. The molecular formula is C12H18O. The summed E-state index contributed by atoms with van der Waals surface area (Å²) >= 11 is 0. The van der Waals surface area contributed by atoms with Crippen LogP contribution in [0.25, 0.3) is 0 Å². The van der Waals surface area contributed by atoms with Crippen molar-refractivity contribution in [3.8, 4) is 0 Å². The fourth-order valence-corrected chi connectivity index (χ4v) is 2.69. The van der Waals surface area contributed by atoms with Crippen LogP contribution in [0.5, 0.6) is 0 Å². The second-order valence-electron chi connectivity index (χ2n) is 4.46. The Morgan fingerprint density at radius 2 is 2.23 bits per heavy atom. The molecule has 1 nitrogen and oxygen atoms in total. The number of ketones is 1. The van der Waals surface area contributed by atoms with Gasteiger partial charge in [0, 0.05) is 12.3 Å². The molecule has 1 fully saturated rings. The number of hydrogen-bond donors (Lipinski definition) is 0. The summed E-state index contributed by atoms with van der Waals surface area (Å²) in [6, 6.07) is 0. The highest BCUT2D eigenvalue weighted by Crippen LogP contribution is 2.44. The van der Waals surface area contributed by atoms with Gasteiger partial charge in [-0.15, -0.1) is 0 Å². The van der Waals surface area contributed by atoms with Crippen molar-refractivity contribution in [3.63, 3.8) is 0 Å². The minimum Gasteiger partial charge on any atom is -0.299 e. The first-order chi connectivity index (χ1) is 6.31. The molecule has 0 aromatic carbocycles. The Morgan fingerprint density at radius 1 is 1.38 bits per heavy atom. The van der Waals surface area contributed by atoms with Gasteiger partial charge in [0.05, 0.1) is 0 Å². The molecule has 0 heterocycles. The van der Waals surface area contributed by atoms with E-state index in [0.29, 0.717) is 17.6 Å². The van der Waals surface area contributed by atoms with E-state index >= 15 is 0 Å². The third-order valence-electron chi connectivity index (χ3n) is 3.47. The van der Waals surface area contributed by atoms with Gasteiger partial charge in [-0.25, -0.2) is 0 Å². The normalized spacial score (nSPS) is 35.6. The van der Waals surface area contributed by atoms with Gasteiger partial charge in [-0.05, 0) is 31.1 Å². The van der Waals surface area contributed by atoms with E-state index in [1.807, 2.05) is 0 Å². The lowest BCUT2D eigenvalue weighted by Gasteiger charge is -2.16. The van der Waals surface area contributed by atoms with E-state index in [2.05, 4.69) is 19.1 Å². The van der Waals surface area contributed by atoms with Crippen molar-refractivity contribution in [2.45, 2.75) is 39.0 Å². The fourth-order valence-electron chi connectivity index (χ4n) is 2.69. The molecule has 13 heavy (non-hydrogen) atoms. The molecule has 0 aliphatic heterocycles. The molecule has 0 saturated heterocycles. The van der Waals surface area contributed by atoms with Gasteiger partial charge >= 0.3 is 0 Å². The lowest BCUT2D eigenvalue weighted by Crippen LogP contribution is -2.18. The SMILES string of the molecule is CCCCC(=O)C1CC2C=CC1C2. The number of hydrogen-bond acceptors (Lipinski definition) is 1. The van der Waals surface area contributed by atoms with E-state index in [1.54, 1.807) is 0 Å². The van der Waals surface area contributed by atoms with E-state index in [-0.39, 0.29) is 0 Å². The number of allylic oxidation sites excluding steroid dienone is 2. The van der Waals surface area contributed by atoms with Gasteiger partial charge in [0.15, 0.2) is 0 Å². The molecule has 1 saturated carbocycles. The second-order valence-corrected chi connectivity index (χ2v) is 4.46. The summed E-state index contributed by atoms with van der Waals surface area (Å²) in [5.41, 5.74) is 0. The maximum atomic E-state index is 11.8. The summed E-state index contributed by atoms with van der Waals surface area (Å²) in [5, 5.41) is 0. The van der Waals surface area contributed by atoms with Crippen molar-refractivity contribution in [1.82, 2.24) is 0 Å². The quantitative estimate of drug-likeness (QED) is 0.605. The van der Waals surface area contributed by atoms with Crippen molar-refractivity contribution in [3.05, 3.63) is 12.2 Å². The minimum atomic E-state index is 0.390. The molecular weight excluding hydrogens is 160 g/mol. The molecule has 0 radical (unpaired) electrons. The van der Waals surface area contributed by atoms with Crippen molar-refractivity contribution in [1.29, 1.82) is 0 Å². The van der Waals surface area contributed by atoms with Gasteiger partial charge < -0.3 is 0 Å². The van der Waals surface area contributed by atoms with E-state index in [4.69, 9.17) is 0 Å². The van der Waals surface area contributed by atoms with Gasteiger partial charge in [0.2, 0.25) is 0 Å². The first-order valence-corrected chi connectivity index (χ1v) is 5.52. The first-order valence-electron chi connectivity index (χ1n) is 5.52. The summed E-state index contributed by atoms with van der Waals surface area (Å²) in [5.74, 6) is 2.26. The summed E-state index contributed by atoms with van der Waals surface area (Å²) in [4.78, 5) is 11.8. The van der Waals surface area contributed by atoms with Crippen molar-refractivity contribution < 1.29 is 4.79 Å². The number of unbranched alkanes of at least 4 members (excludes halogenated alkanes) is 1. The van der Waals surface area contributed by atoms with Crippen LogP contribution in [0.1, 0.15) is 39.0 Å². The first kappa shape index (κ1) is 8.98. The molecule has 2 rings (SSSR count). The van der Waals surface area contributed by atoms with Gasteiger partial charge in [0.1, 0.15) is 5.78 Å². The lowest BCUT2D eigenvalue weighted by atomic mass is 9.87. The molecule has 0 spiro atoms. The number of Topliss-reactive ketones (excluding diaryl/α,β-unsaturated/α-hetero) is 1. The molecule has 0 N–H and O–H groups in total. The van der Waals surface area contributed by atoms with Crippen molar-refractivity contribution in [2.75, 3.05) is 0 Å². The summed E-state index contributed by atoms with van der Waals surface area (Å²) in [7, 11) is 0. The third kappa shape index (κ3) is 1.70. The molecule has 3 atom stereocenters. The van der Waals surface area contributed by atoms with Crippen LogP contribution in [0.4, 0.5) is 0 Å². The Morgan fingerprint density at radius 3 is 2.77 bits per heavy atom. The molecule has 2 aliphatic rings. The Labute approximate surface area is 80.2 Å². The third-order valence-corrected chi connectivity index (χ3v) is 3.47. The molecule has 1 heteroatoms. The average molecular weight is 178 g/mol. The van der Waals surface area contributed by atoms with Crippen LogP contribution >= 0.6 is 0 Å². The fraction of sp³-hybridized carbons (Fsp3) is 0.750. The smallest absolute Gasteiger partial charge is 0.136 e. The Bertz CT molecular complexity index is 229. The zero-order chi connectivity index (χ0) is 9.26. The second kappa shape index (κ2) is 3.65. The standard InChI is InChI=1S/C12H18O/c1-2-3-4-12(13)11-8-9-5-6-10(11)7-9/h5-6,9-11H,2-4,7-8H2,1H3. The van der Waals surface area contributed by atoms with Gasteiger partial charge in [-0.2, -0.15) is 0 Å². The van der Waals surface area contributed by atoms with Gasteiger partial charge in [-0.3, -0.25) is 4.79 Å². The molecule has 2 bridgehead atoms. The van der Waals surface area contributed by atoms with E-state index in [0.717, 1.165) is 31.6 Å². The predicted octanol–water partition coefficient (Wildman–Crippen LogP) is 2.96. The maximum Gasteiger partial charge on any atom is 0.136 e. The highest BCUT2D eigenvalue weighted by atomic mass is 16.1. The molecule has 2 aliphatic carbocycles. The number of carbonyl (C=O) groups excluding carboxylic acids is 1. The van der Waals surface area contributed by atoms with Crippen LogP contribution in [0.15, 0.2) is 12.2 Å². The zero-order valence-electron chi connectivity index (χ0n) is 8.33. The van der Waals surface area contributed by atoms with Gasteiger partial charge in [0.25, 0.3) is 0 Å². The Kier molecular flexibility index (Phi) is 2.52. The van der Waals surface area contributed by atoms with Crippen LogP contribution in [-0.4, -0.2) is 5.78 Å². The highest BCUT2D eigenvalue weighted by Gasteiger charge is 2.38. The number of fused-ring (bicyclic) bond motifs is 2. The zero-order valence-corrected chi connectivity index (χ0v) is 8.33. The summed E-state index contributed by atoms with van der Waals surface area (Å²) in [6.07, 6.45) is 10.0. The van der Waals surface area contributed by atoms with Gasteiger partial charge in [-0.1, -0.05) is 25.5 Å². The summed E-state index contributed by atoms with van der Waals surface area (Å²) in [6.45, 7) is 2.15. The molecule has 3 unspecified atom stereocenters. The summed E-state index contributed by atoms with van der Waals surface area (Å²) < 4.78 is 0. The molecule has 0 amide bonds. The maximum absolute atomic E-state index is 11.8. The van der Waals surface area contributed by atoms with Crippen LogP contribution in [0.3, 0.4) is 0 Å². The van der Waals surface area contributed by atoms with Crippen LogP contribution in [0, 0.1) is 17.8 Å². The van der Waals surface area contributed by atoms with Crippen LogP contribution < -0.4 is 0 Å². The van der Waals surface area contributed by atoms with E-state index < -0.39 is 0 Å². The number of rotatable bonds is 4. The van der Waals surface area contributed by atoms with E-state index in [1.165, 1.54) is 6.42 Å². The van der Waals surface area contributed by atoms with Crippen LogP contribution in [-0.2, 0) is 4.79 Å². The monoisotopic (exact) mass is 178 g/mol. The Balaban J connectivity index is 1.88. The Hall–Kier alpha value is -0.590. The van der Waals surface area contributed by atoms with Crippen LogP contribution in [0.2, 0.25) is 0 Å². The molecule has 0 aromatic rings. The minimum absolute atomic E-state index is 0.390.